The number of hydrogen-bond donors (Lipinski definition) is 4. The zero-order chi connectivity index (χ0) is 25.6. The van der Waals surface area contributed by atoms with E-state index in [9.17, 15) is 29.0 Å². The van der Waals surface area contributed by atoms with Crippen molar-refractivity contribution in [1.29, 1.82) is 0 Å². The lowest BCUT2D eigenvalue weighted by atomic mass is 10.00. The molecule has 11 heteroatoms. The van der Waals surface area contributed by atoms with Crippen molar-refractivity contribution in [2.75, 3.05) is 0 Å². The summed E-state index contributed by atoms with van der Waals surface area (Å²) in [6.45, 7) is 3.56. The van der Waals surface area contributed by atoms with Gasteiger partial charge in [0.15, 0.2) is 0 Å². The summed E-state index contributed by atoms with van der Waals surface area (Å²) in [5.41, 5.74) is 2.81. The number of nitrogens with one attached hydrogen (secondary N) is 1. The number of carbonyl (C=O) groups excluding carboxylic acids is 1. The Morgan fingerprint density at radius 1 is 1.06 bits per heavy atom. The van der Waals surface area contributed by atoms with Gasteiger partial charge in [0.1, 0.15) is 6.04 Å². The quantitative estimate of drug-likeness (QED) is 0.249. The number of carbonyl (C=O) groups is 2. The van der Waals surface area contributed by atoms with Crippen LogP contribution in [0, 0.1) is 5.92 Å². The molecule has 0 aliphatic heterocycles. The highest BCUT2D eigenvalue weighted by Gasteiger charge is 2.39. The van der Waals surface area contributed by atoms with Gasteiger partial charge in [-0.05, 0) is 57.3 Å². The SMILES string of the molecule is CC(C)CC(C(=O)NC(Cc1ccc(-c2ccsc2)cc1)C(=O)O)N(Cc1cccs1)P(=O)(O)O. The van der Waals surface area contributed by atoms with Crippen molar-refractivity contribution in [3.63, 3.8) is 0 Å². The van der Waals surface area contributed by atoms with Gasteiger partial charge in [-0.3, -0.25) is 4.79 Å². The lowest BCUT2D eigenvalue weighted by Crippen LogP contribution is -2.51. The normalized spacial score (nSPS) is 13.7. The number of thiophene rings is 2. The van der Waals surface area contributed by atoms with Crippen molar-refractivity contribution in [3.05, 3.63) is 69.0 Å². The third kappa shape index (κ3) is 7.83. The van der Waals surface area contributed by atoms with E-state index in [-0.39, 0.29) is 25.3 Å². The fourth-order valence-corrected chi connectivity index (χ4v) is 6.08. The van der Waals surface area contributed by atoms with E-state index in [0.717, 1.165) is 21.4 Å². The number of benzene rings is 1. The summed E-state index contributed by atoms with van der Waals surface area (Å²) < 4.78 is 13.2. The Morgan fingerprint density at radius 3 is 2.29 bits per heavy atom. The van der Waals surface area contributed by atoms with Gasteiger partial charge in [-0.15, -0.1) is 11.3 Å². The molecule has 3 rings (SSSR count). The summed E-state index contributed by atoms with van der Waals surface area (Å²) in [6, 6.07) is 10.5. The number of carboxylic acids is 1. The number of hydrogen-bond acceptors (Lipinski definition) is 5. The Labute approximate surface area is 212 Å². The number of amides is 1. The number of rotatable bonds is 12. The molecule has 0 aliphatic rings. The molecule has 2 aromatic heterocycles. The van der Waals surface area contributed by atoms with Crippen LogP contribution in [0.4, 0.5) is 0 Å². The van der Waals surface area contributed by atoms with Gasteiger partial charge in [0.2, 0.25) is 5.91 Å². The maximum Gasteiger partial charge on any atom is 0.404 e. The average molecular weight is 537 g/mol. The van der Waals surface area contributed by atoms with Crippen LogP contribution >= 0.6 is 30.4 Å². The van der Waals surface area contributed by atoms with Crippen molar-refractivity contribution >= 4 is 42.3 Å². The van der Waals surface area contributed by atoms with Crippen LogP contribution in [0.5, 0.6) is 0 Å². The number of carboxylic acid groups (broad SMARTS) is 1. The van der Waals surface area contributed by atoms with Gasteiger partial charge in [-0.25, -0.2) is 9.36 Å². The maximum atomic E-state index is 13.3. The summed E-state index contributed by atoms with van der Waals surface area (Å²) in [7, 11) is -4.81. The molecule has 2 atom stereocenters. The second-order valence-electron chi connectivity index (χ2n) is 8.65. The zero-order valence-electron chi connectivity index (χ0n) is 19.4. The van der Waals surface area contributed by atoms with Gasteiger partial charge in [0, 0.05) is 17.8 Å². The average Bonchev–Trinajstić information content (AvgIpc) is 3.49. The van der Waals surface area contributed by atoms with E-state index in [2.05, 4.69) is 5.32 Å². The van der Waals surface area contributed by atoms with Crippen molar-refractivity contribution < 1.29 is 29.0 Å². The van der Waals surface area contributed by atoms with Crippen LogP contribution in [0.15, 0.2) is 58.6 Å². The van der Waals surface area contributed by atoms with Gasteiger partial charge >= 0.3 is 13.7 Å². The van der Waals surface area contributed by atoms with Crippen molar-refractivity contribution in [1.82, 2.24) is 9.99 Å². The minimum absolute atomic E-state index is 0.0419. The third-order valence-electron chi connectivity index (χ3n) is 5.45. The monoisotopic (exact) mass is 536 g/mol. The van der Waals surface area contributed by atoms with E-state index in [4.69, 9.17) is 0 Å². The first-order chi connectivity index (χ1) is 16.5. The summed E-state index contributed by atoms with van der Waals surface area (Å²) >= 11 is 2.91. The summed E-state index contributed by atoms with van der Waals surface area (Å²) in [5, 5.41) is 18.1. The Hall–Kier alpha value is -2.33. The van der Waals surface area contributed by atoms with Crippen LogP contribution in [0.25, 0.3) is 11.1 Å². The molecule has 0 aliphatic carbocycles. The van der Waals surface area contributed by atoms with E-state index < -0.39 is 31.7 Å². The van der Waals surface area contributed by atoms with E-state index in [1.54, 1.807) is 28.8 Å². The molecule has 2 unspecified atom stereocenters. The lowest BCUT2D eigenvalue weighted by molar-refractivity contribution is -0.142. The smallest absolute Gasteiger partial charge is 0.404 e. The molecule has 0 saturated carbocycles. The number of aliphatic carboxylic acids is 1. The second kappa shape index (κ2) is 12.1. The molecule has 1 aromatic carbocycles. The Kier molecular flexibility index (Phi) is 9.40. The minimum Gasteiger partial charge on any atom is -0.480 e. The summed E-state index contributed by atoms with van der Waals surface area (Å²) in [6.07, 6.45) is 0.199. The van der Waals surface area contributed by atoms with Crippen molar-refractivity contribution in [3.8, 4) is 11.1 Å². The topological polar surface area (TPSA) is 127 Å². The predicted molar refractivity (Wildman–Crippen MR) is 138 cm³/mol. The van der Waals surface area contributed by atoms with Crippen molar-refractivity contribution in [2.24, 2.45) is 5.92 Å². The first kappa shape index (κ1) is 27.3. The standard InChI is InChI=1S/C24H29N2O6PS2/c1-16(2)12-22(26(33(30,31)32)14-20-4-3-10-35-20)23(27)25-21(24(28)29)13-17-5-7-18(8-6-17)19-9-11-34-15-19/h3-11,15-16,21-22H,12-14H2,1-2H3,(H,25,27)(H,28,29)(H2,30,31,32). The molecular weight excluding hydrogens is 507 g/mol. The largest absolute Gasteiger partial charge is 0.480 e. The molecule has 2 heterocycles. The summed E-state index contributed by atoms with van der Waals surface area (Å²) in [4.78, 5) is 46.0. The molecule has 35 heavy (non-hydrogen) atoms. The molecule has 0 fully saturated rings. The molecular formula is C24H29N2O6PS2. The van der Waals surface area contributed by atoms with E-state index in [1.165, 1.54) is 11.3 Å². The fraction of sp³-hybridized carbons (Fsp3) is 0.333. The van der Waals surface area contributed by atoms with Gasteiger partial charge < -0.3 is 20.2 Å². The molecule has 188 valence electrons. The summed E-state index contributed by atoms with van der Waals surface area (Å²) in [5.74, 6) is -2.00. The highest BCUT2D eigenvalue weighted by Crippen LogP contribution is 2.44. The fourth-order valence-electron chi connectivity index (χ4n) is 3.72. The van der Waals surface area contributed by atoms with Crippen molar-refractivity contribution in [2.45, 2.75) is 45.3 Å². The Balaban J connectivity index is 1.79. The van der Waals surface area contributed by atoms with Crippen LogP contribution in [-0.4, -0.2) is 43.5 Å². The first-order valence-corrected chi connectivity index (χ1v) is 14.4. The van der Waals surface area contributed by atoms with E-state index >= 15 is 0 Å². The number of nitrogens with zero attached hydrogens (tertiary/aromatic N) is 1. The van der Waals surface area contributed by atoms with Crippen LogP contribution in [0.3, 0.4) is 0 Å². The van der Waals surface area contributed by atoms with E-state index in [0.29, 0.717) is 4.88 Å². The minimum atomic E-state index is -4.81. The van der Waals surface area contributed by atoms with Gasteiger partial charge in [-0.2, -0.15) is 16.0 Å². The molecule has 3 aromatic rings. The highest BCUT2D eigenvalue weighted by atomic mass is 32.1. The predicted octanol–water partition coefficient (Wildman–Crippen LogP) is 4.60. The molecule has 1 amide bonds. The highest BCUT2D eigenvalue weighted by molar-refractivity contribution is 7.49. The third-order valence-corrected chi connectivity index (χ3v) is 8.09. The van der Waals surface area contributed by atoms with Crippen LogP contribution in [-0.2, 0) is 27.1 Å². The second-order valence-corrected chi connectivity index (χ2v) is 12.0. The maximum absolute atomic E-state index is 13.3. The Morgan fingerprint density at radius 2 is 1.77 bits per heavy atom. The Bertz CT molecular complexity index is 1140. The van der Waals surface area contributed by atoms with Crippen LogP contribution < -0.4 is 5.32 Å². The lowest BCUT2D eigenvalue weighted by Gasteiger charge is -2.32. The molecule has 4 N–H and O–H groups in total. The molecule has 0 saturated heterocycles. The van der Waals surface area contributed by atoms with Crippen LogP contribution in [0.1, 0.15) is 30.7 Å². The van der Waals surface area contributed by atoms with Crippen LogP contribution in [0.2, 0.25) is 0 Å². The van der Waals surface area contributed by atoms with Gasteiger partial charge in [0.25, 0.3) is 0 Å². The zero-order valence-corrected chi connectivity index (χ0v) is 21.9. The first-order valence-electron chi connectivity index (χ1n) is 11.0. The molecule has 0 bridgehead atoms. The molecule has 8 nitrogen and oxygen atoms in total. The van der Waals surface area contributed by atoms with Gasteiger partial charge in [0.05, 0.1) is 6.04 Å². The molecule has 0 spiro atoms. The molecule has 0 radical (unpaired) electrons. The van der Waals surface area contributed by atoms with E-state index in [1.807, 2.05) is 54.9 Å². The van der Waals surface area contributed by atoms with Gasteiger partial charge in [-0.1, -0.05) is 44.2 Å².